The Kier molecular flexibility index (Phi) is 5.38. The predicted molar refractivity (Wildman–Crippen MR) is 57.3 cm³/mol. The highest BCUT2D eigenvalue weighted by Gasteiger charge is 2.15. The van der Waals surface area contributed by atoms with Gasteiger partial charge in [-0.1, -0.05) is 0 Å². The van der Waals surface area contributed by atoms with E-state index >= 15 is 0 Å². The summed E-state index contributed by atoms with van der Waals surface area (Å²) in [6.07, 6.45) is 1.40. The first-order valence-electron chi connectivity index (χ1n) is 4.79. The summed E-state index contributed by atoms with van der Waals surface area (Å²) in [4.78, 5) is 11.3. The lowest BCUT2D eigenvalue weighted by atomic mass is 10.3. The van der Waals surface area contributed by atoms with E-state index in [1.165, 1.54) is 0 Å². The van der Waals surface area contributed by atoms with Crippen molar-refractivity contribution in [3.63, 3.8) is 0 Å². The fourth-order valence-corrected chi connectivity index (χ4v) is 1.93. The number of hydrogen-bond acceptors (Lipinski definition) is 3. The van der Waals surface area contributed by atoms with Crippen LogP contribution in [-0.4, -0.2) is 41.7 Å². The molecule has 1 amide bonds. The molecule has 14 heavy (non-hydrogen) atoms. The first-order valence-corrected chi connectivity index (χ1v) is 7.57. The molecular weight excluding hydrogens is 201 g/mol. The van der Waals surface area contributed by atoms with E-state index in [4.69, 9.17) is 0 Å². The van der Waals surface area contributed by atoms with Crippen molar-refractivity contribution in [3.8, 4) is 0 Å². The number of carbonyl (C=O) groups is 1. The molecule has 0 atom stereocenters. The van der Waals surface area contributed by atoms with Gasteiger partial charge in [0.2, 0.25) is 5.91 Å². The molecule has 84 valence electrons. The van der Waals surface area contributed by atoms with E-state index in [2.05, 4.69) is 0 Å². The summed E-state index contributed by atoms with van der Waals surface area (Å²) in [6, 6.07) is -0.197. The number of rotatable bonds is 5. The molecule has 0 aromatic heterocycles. The van der Waals surface area contributed by atoms with Crippen LogP contribution >= 0.6 is 7.14 Å². The number of hydrogen-bond donors (Lipinski definition) is 1. The molecule has 0 radical (unpaired) electrons. The zero-order valence-electron chi connectivity index (χ0n) is 9.36. The van der Waals surface area contributed by atoms with Crippen molar-refractivity contribution in [2.75, 3.05) is 19.5 Å². The Balaban J connectivity index is 3.81. The minimum Gasteiger partial charge on any atom is -0.324 e. The maximum atomic E-state index is 11.3. The molecule has 0 aliphatic rings. The van der Waals surface area contributed by atoms with Crippen molar-refractivity contribution >= 4 is 13.0 Å². The molecule has 1 N–H and O–H groups in total. The molecule has 0 bridgehead atoms. The van der Waals surface area contributed by atoms with Crippen molar-refractivity contribution in [3.05, 3.63) is 0 Å². The minimum atomic E-state index is -2.03. The van der Waals surface area contributed by atoms with Crippen LogP contribution in [0.2, 0.25) is 0 Å². The number of hydroxylamine groups is 2. The molecule has 0 aromatic carbocycles. The predicted octanol–water partition coefficient (Wildman–Crippen LogP) is 2.02. The van der Waals surface area contributed by atoms with Crippen molar-refractivity contribution in [1.82, 2.24) is 5.06 Å². The third-order valence-electron chi connectivity index (χ3n) is 1.83. The van der Waals surface area contributed by atoms with Crippen molar-refractivity contribution in [2.24, 2.45) is 0 Å². The summed E-state index contributed by atoms with van der Waals surface area (Å²) in [5.41, 5.74) is 0. The SMILES string of the molecule is CC(C)N(O)C(=O)CCCP(C)(C)=O. The Hall–Kier alpha value is -0.340. The van der Waals surface area contributed by atoms with Crippen LogP contribution in [0.5, 0.6) is 0 Å². The Bertz CT molecular complexity index is 234. The van der Waals surface area contributed by atoms with Crippen LogP contribution in [0, 0.1) is 0 Å². The third kappa shape index (κ3) is 6.17. The van der Waals surface area contributed by atoms with Gasteiger partial charge in [0, 0.05) is 12.6 Å². The Morgan fingerprint density at radius 3 is 2.29 bits per heavy atom. The van der Waals surface area contributed by atoms with Gasteiger partial charge in [-0.2, -0.15) is 0 Å². The molecule has 0 aromatic rings. The van der Waals surface area contributed by atoms with E-state index < -0.39 is 7.14 Å². The van der Waals surface area contributed by atoms with E-state index in [1.54, 1.807) is 27.2 Å². The lowest BCUT2D eigenvalue weighted by Gasteiger charge is -2.18. The summed E-state index contributed by atoms with van der Waals surface area (Å²) in [6.45, 7) is 6.89. The molecule has 4 nitrogen and oxygen atoms in total. The summed E-state index contributed by atoms with van der Waals surface area (Å²) in [5, 5.41) is 9.97. The van der Waals surface area contributed by atoms with Crippen LogP contribution in [0.15, 0.2) is 0 Å². The average Bonchev–Trinajstić information content (AvgIpc) is 2.00. The summed E-state index contributed by atoms with van der Waals surface area (Å²) in [7, 11) is -2.03. The monoisotopic (exact) mass is 221 g/mol. The second kappa shape index (κ2) is 5.52. The van der Waals surface area contributed by atoms with Gasteiger partial charge in [-0.25, -0.2) is 5.06 Å². The summed E-state index contributed by atoms with van der Waals surface area (Å²) < 4.78 is 11.3. The number of amides is 1. The molecule has 0 aliphatic carbocycles. The van der Waals surface area contributed by atoms with Gasteiger partial charge in [0.25, 0.3) is 0 Å². The van der Waals surface area contributed by atoms with E-state index in [0.717, 1.165) is 5.06 Å². The minimum absolute atomic E-state index is 0.197. The van der Waals surface area contributed by atoms with E-state index in [9.17, 15) is 14.6 Å². The van der Waals surface area contributed by atoms with Gasteiger partial charge in [0.05, 0.1) is 13.2 Å². The molecule has 0 fully saturated rings. The largest absolute Gasteiger partial charge is 0.324 e. The Morgan fingerprint density at radius 2 is 1.93 bits per heavy atom. The second-order valence-electron chi connectivity index (χ2n) is 4.23. The van der Waals surface area contributed by atoms with Crippen LogP contribution in [0.25, 0.3) is 0 Å². The van der Waals surface area contributed by atoms with Crippen LogP contribution < -0.4 is 0 Å². The van der Waals surface area contributed by atoms with Crippen LogP contribution in [0.3, 0.4) is 0 Å². The topological polar surface area (TPSA) is 57.6 Å². The van der Waals surface area contributed by atoms with Crippen LogP contribution in [0.4, 0.5) is 0 Å². The third-order valence-corrected chi connectivity index (χ3v) is 3.23. The normalized spacial score (nSPS) is 11.9. The van der Waals surface area contributed by atoms with Gasteiger partial charge < -0.3 is 4.57 Å². The molecule has 0 spiro atoms. The van der Waals surface area contributed by atoms with Crippen molar-refractivity contribution in [2.45, 2.75) is 32.7 Å². The maximum Gasteiger partial charge on any atom is 0.246 e. The maximum absolute atomic E-state index is 11.3. The van der Waals surface area contributed by atoms with E-state index in [0.29, 0.717) is 12.6 Å². The quantitative estimate of drug-likeness (QED) is 0.439. The highest BCUT2D eigenvalue weighted by atomic mass is 31.2. The first-order chi connectivity index (χ1) is 6.24. The standard InChI is InChI=1S/C9H20NO3P/c1-8(2)10(12)9(11)6-5-7-14(3,4)13/h8,12H,5-7H2,1-4H3. The molecule has 0 unspecified atom stereocenters. The van der Waals surface area contributed by atoms with Gasteiger partial charge >= 0.3 is 0 Å². The van der Waals surface area contributed by atoms with Gasteiger partial charge in [0.1, 0.15) is 0 Å². The fraction of sp³-hybridized carbons (Fsp3) is 0.889. The second-order valence-corrected chi connectivity index (χ2v) is 7.83. The zero-order chi connectivity index (χ0) is 11.4. The molecule has 5 heteroatoms. The van der Waals surface area contributed by atoms with Crippen molar-refractivity contribution < 1.29 is 14.6 Å². The molecule has 0 rings (SSSR count). The summed E-state index contributed by atoms with van der Waals surface area (Å²) in [5.74, 6) is -0.298. The number of carbonyl (C=O) groups excluding carboxylic acids is 1. The van der Waals surface area contributed by atoms with Gasteiger partial charge in [-0.15, -0.1) is 0 Å². The van der Waals surface area contributed by atoms with E-state index in [-0.39, 0.29) is 18.4 Å². The van der Waals surface area contributed by atoms with Gasteiger partial charge in [-0.05, 0) is 33.6 Å². The van der Waals surface area contributed by atoms with E-state index in [1.807, 2.05) is 0 Å². The summed E-state index contributed by atoms with van der Waals surface area (Å²) >= 11 is 0. The van der Waals surface area contributed by atoms with Gasteiger partial charge in [-0.3, -0.25) is 10.0 Å². The van der Waals surface area contributed by atoms with Crippen molar-refractivity contribution in [1.29, 1.82) is 0 Å². The average molecular weight is 221 g/mol. The molecule has 0 heterocycles. The highest BCUT2D eigenvalue weighted by Crippen LogP contribution is 2.36. The molecule has 0 saturated heterocycles. The zero-order valence-corrected chi connectivity index (χ0v) is 10.3. The Morgan fingerprint density at radius 1 is 1.43 bits per heavy atom. The highest BCUT2D eigenvalue weighted by molar-refractivity contribution is 7.62. The first kappa shape index (κ1) is 13.7. The smallest absolute Gasteiger partial charge is 0.246 e. The van der Waals surface area contributed by atoms with Gasteiger partial charge in [0.15, 0.2) is 0 Å². The lowest BCUT2D eigenvalue weighted by Crippen LogP contribution is -2.33. The fourth-order valence-electron chi connectivity index (χ4n) is 1.01. The molecule has 0 saturated carbocycles. The lowest BCUT2D eigenvalue weighted by molar-refractivity contribution is -0.172. The van der Waals surface area contributed by atoms with Crippen LogP contribution in [0.1, 0.15) is 26.7 Å². The molecule has 0 aliphatic heterocycles. The van der Waals surface area contributed by atoms with Crippen LogP contribution in [-0.2, 0) is 9.36 Å². The molecular formula is C9H20NO3P. The Labute approximate surface area is 85.6 Å². The number of nitrogens with zero attached hydrogens (tertiary/aromatic N) is 1.